The van der Waals surface area contributed by atoms with Crippen LogP contribution in [0.4, 0.5) is 29.5 Å². The molecule has 0 saturated carbocycles. The average molecular weight is 474 g/mol. The maximum Gasteiger partial charge on any atom is 0.417 e. The molecular weight excluding hydrogens is 449 g/mol. The van der Waals surface area contributed by atoms with Crippen LogP contribution in [0.3, 0.4) is 0 Å². The van der Waals surface area contributed by atoms with E-state index in [1.165, 1.54) is 13.2 Å². The number of H-pyrrole nitrogens is 1. The highest BCUT2D eigenvalue weighted by molar-refractivity contribution is 5.85. The lowest BCUT2D eigenvalue weighted by Gasteiger charge is -2.40. The van der Waals surface area contributed by atoms with Gasteiger partial charge in [0, 0.05) is 61.4 Å². The van der Waals surface area contributed by atoms with Crippen molar-refractivity contribution in [3.63, 3.8) is 0 Å². The van der Waals surface area contributed by atoms with Crippen molar-refractivity contribution in [2.24, 2.45) is 0 Å². The number of piperazine rings is 1. The van der Waals surface area contributed by atoms with Gasteiger partial charge in [-0.15, -0.1) is 0 Å². The van der Waals surface area contributed by atoms with E-state index >= 15 is 0 Å². The molecule has 4 rings (SSSR count). The number of aromatic amines is 1. The smallest absolute Gasteiger partial charge is 0.417 e. The molecule has 0 spiro atoms. The molecule has 1 aliphatic rings. The Morgan fingerprint density at radius 1 is 1.21 bits per heavy atom. The lowest BCUT2D eigenvalue weighted by atomic mass is 10.1. The number of aromatic nitrogens is 3. The van der Waals surface area contributed by atoms with E-state index in [1.54, 1.807) is 12.1 Å². The molecule has 0 bridgehead atoms. The molecular formula is C23H25F3N6O2. The summed E-state index contributed by atoms with van der Waals surface area (Å²) in [6, 6.07) is 9.90. The highest BCUT2D eigenvalue weighted by Gasteiger charge is 2.32. The molecule has 1 fully saturated rings. The fourth-order valence-electron chi connectivity index (χ4n) is 4.05. The summed E-state index contributed by atoms with van der Waals surface area (Å²) < 4.78 is 43.1. The summed E-state index contributed by atoms with van der Waals surface area (Å²) in [7, 11) is 1.31. The molecule has 8 nitrogen and oxygen atoms in total. The zero-order valence-corrected chi connectivity index (χ0v) is 18.8. The minimum atomic E-state index is -4.39. The highest BCUT2D eigenvalue weighted by atomic mass is 19.4. The number of nitrogens with one attached hydrogen (secondary N) is 2. The van der Waals surface area contributed by atoms with E-state index < -0.39 is 17.8 Å². The number of ether oxygens (including phenoxy) is 1. The molecule has 0 unspecified atom stereocenters. The van der Waals surface area contributed by atoms with Crippen LogP contribution < -0.4 is 10.2 Å². The predicted molar refractivity (Wildman–Crippen MR) is 121 cm³/mol. The molecule has 0 aliphatic carbocycles. The van der Waals surface area contributed by atoms with Crippen LogP contribution in [0.15, 0.2) is 48.8 Å². The van der Waals surface area contributed by atoms with Crippen LogP contribution in [0.25, 0.3) is 11.3 Å². The molecule has 11 heteroatoms. The van der Waals surface area contributed by atoms with Crippen LogP contribution in [0.5, 0.6) is 0 Å². The molecule has 3 heterocycles. The van der Waals surface area contributed by atoms with Crippen molar-refractivity contribution in [3.05, 3.63) is 59.9 Å². The average Bonchev–Trinajstić information content (AvgIpc) is 3.27. The molecule has 0 radical (unpaired) electrons. The fourth-order valence-corrected chi connectivity index (χ4v) is 4.05. The molecule has 2 aromatic heterocycles. The molecule has 3 aromatic rings. The van der Waals surface area contributed by atoms with E-state index in [-0.39, 0.29) is 6.04 Å². The van der Waals surface area contributed by atoms with Gasteiger partial charge in [0.1, 0.15) is 5.82 Å². The number of hydrogen-bond acceptors (Lipinski definition) is 6. The molecule has 1 atom stereocenters. The van der Waals surface area contributed by atoms with Crippen molar-refractivity contribution in [1.82, 2.24) is 20.1 Å². The third kappa shape index (κ3) is 5.30. The second-order valence-corrected chi connectivity index (χ2v) is 8.13. The van der Waals surface area contributed by atoms with Gasteiger partial charge in [-0.25, -0.2) is 9.78 Å². The van der Waals surface area contributed by atoms with E-state index in [0.717, 1.165) is 42.2 Å². The van der Waals surface area contributed by atoms with Crippen molar-refractivity contribution >= 4 is 17.6 Å². The van der Waals surface area contributed by atoms with Crippen molar-refractivity contribution in [3.8, 4) is 11.3 Å². The van der Waals surface area contributed by atoms with Gasteiger partial charge in [0.25, 0.3) is 0 Å². The van der Waals surface area contributed by atoms with Crippen LogP contribution in [0.1, 0.15) is 18.1 Å². The normalized spacial score (nSPS) is 17.0. The zero-order chi connectivity index (χ0) is 24.3. The first-order valence-corrected chi connectivity index (χ1v) is 10.7. The minimum Gasteiger partial charge on any atom is -0.453 e. The molecule has 1 amide bonds. The quantitative estimate of drug-likeness (QED) is 0.571. The largest absolute Gasteiger partial charge is 0.453 e. The second-order valence-electron chi connectivity index (χ2n) is 8.13. The van der Waals surface area contributed by atoms with Gasteiger partial charge in [-0.3, -0.25) is 15.3 Å². The molecule has 1 saturated heterocycles. The van der Waals surface area contributed by atoms with Crippen LogP contribution in [-0.2, 0) is 17.5 Å². The van der Waals surface area contributed by atoms with E-state index in [1.807, 2.05) is 30.2 Å². The SMILES string of the molecule is COC(=O)Nc1ccc(-c2n[nH]cc2CN2CCN(c3ccc(C(F)(F)F)cn3)[C@H](C)C2)cc1. The Hall–Kier alpha value is -3.60. The topological polar surface area (TPSA) is 86.4 Å². The number of rotatable bonds is 5. The molecule has 180 valence electrons. The Kier molecular flexibility index (Phi) is 6.73. The number of pyridine rings is 1. The highest BCUT2D eigenvalue weighted by Crippen LogP contribution is 2.30. The molecule has 2 N–H and O–H groups in total. The van der Waals surface area contributed by atoms with Crippen LogP contribution in [0, 0.1) is 0 Å². The minimum absolute atomic E-state index is 0.0806. The number of hydrogen-bond donors (Lipinski definition) is 2. The summed E-state index contributed by atoms with van der Waals surface area (Å²) in [4.78, 5) is 19.7. The Balaban J connectivity index is 1.39. The number of methoxy groups -OCH3 is 1. The number of carbonyl (C=O) groups excluding carboxylic acids is 1. The van der Waals surface area contributed by atoms with Gasteiger partial charge in [-0.05, 0) is 31.2 Å². The zero-order valence-electron chi connectivity index (χ0n) is 18.8. The number of alkyl halides is 3. The van der Waals surface area contributed by atoms with Gasteiger partial charge in [0.2, 0.25) is 0 Å². The number of nitrogens with zero attached hydrogens (tertiary/aromatic N) is 4. The Morgan fingerprint density at radius 2 is 1.97 bits per heavy atom. The van der Waals surface area contributed by atoms with Crippen molar-refractivity contribution in [2.45, 2.75) is 25.7 Å². The Bertz CT molecular complexity index is 1110. The first-order chi connectivity index (χ1) is 16.2. The van der Waals surface area contributed by atoms with Gasteiger partial charge in [-0.2, -0.15) is 18.3 Å². The van der Waals surface area contributed by atoms with Crippen molar-refractivity contribution < 1.29 is 22.7 Å². The predicted octanol–water partition coefficient (Wildman–Crippen LogP) is 4.38. The van der Waals surface area contributed by atoms with Crippen LogP contribution in [0.2, 0.25) is 0 Å². The van der Waals surface area contributed by atoms with E-state index in [9.17, 15) is 18.0 Å². The van der Waals surface area contributed by atoms with Crippen LogP contribution in [-0.4, -0.2) is 59.0 Å². The summed E-state index contributed by atoms with van der Waals surface area (Å²) in [6.07, 6.45) is -2.17. The molecule has 34 heavy (non-hydrogen) atoms. The summed E-state index contributed by atoms with van der Waals surface area (Å²) >= 11 is 0. The Labute approximate surface area is 194 Å². The van der Waals surface area contributed by atoms with E-state index in [4.69, 9.17) is 0 Å². The second kappa shape index (κ2) is 9.72. The number of carbonyl (C=O) groups is 1. The summed E-state index contributed by atoms with van der Waals surface area (Å²) in [5.41, 5.74) is 2.64. The van der Waals surface area contributed by atoms with Gasteiger partial charge < -0.3 is 9.64 Å². The third-order valence-electron chi connectivity index (χ3n) is 5.78. The van der Waals surface area contributed by atoms with Gasteiger partial charge in [-0.1, -0.05) is 12.1 Å². The van der Waals surface area contributed by atoms with E-state index in [0.29, 0.717) is 24.6 Å². The standard InChI is InChI=1S/C23H25F3N6O2/c1-15-13-31(9-10-32(15)20-8-5-18(12-27-20)23(24,25)26)14-17-11-28-30-21(17)16-3-6-19(7-4-16)29-22(33)34-2/h3-8,11-12,15H,9-10,13-14H2,1-2H3,(H,28,30)(H,29,33)/t15-/m1/s1. The third-order valence-corrected chi connectivity index (χ3v) is 5.78. The van der Waals surface area contributed by atoms with Crippen molar-refractivity contribution in [1.29, 1.82) is 0 Å². The summed E-state index contributed by atoms with van der Waals surface area (Å²) in [5.74, 6) is 0.546. The number of amides is 1. The first-order valence-electron chi connectivity index (χ1n) is 10.7. The van der Waals surface area contributed by atoms with Gasteiger partial charge in [0.15, 0.2) is 0 Å². The van der Waals surface area contributed by atoms with E-state index in [2.05, 4.69) is 30.1 Å². The number of halogens is 3. The van der Waals surface area contributed by atoms with Crippen molar-refractivity contribution in [2.75, 3.05) is 37.0 Å². The number of benzene rings is 1. The Morgan fingerprint density at radius 3 is 2.59 bits per heavy atom. The van der Waals surface area contributed by atoms with Gasteiger partial charge >= 0.3 is 12.3 Å². The van der Waals surface area contributed by atoms with Gasteiger partial charge in [0.05, 0.1) is 18.4 Å². The summed E-state index contributed by atoms with van der Waals surface area (Å²) in [6.45, 7) is 4.83. The molecule has 1 aromatic carbocycles. The monoisotopic (exact) mass is 474 g/mol. The molecule has 1 aliphatic heterocycles. The maximum atomic E-state index is 12.8. The lowest BCUT2D eigenvalue weighted by Crippen LogP contribution is -2.51. The number of anilines is 2. The fraction of sp³-hybridized carbons (Fsp3) is 0.348. The maximum absolute atomic E-state index is 12.8. The first kappa shape index (κ1) is 23.6. The summed E-state index contributed by atoms with van der Waals surface area (Å²) in [5, 5.41) is 9.93. The lowest BCUT2D eigenvalue weighted by molar-refractivity contribution is -0.137. The van der Waals surface area contributed by atoms with Crippen LogP contribution >= 0.6 is 0 Å².